The van der Waals surface area contributed by atoms with Crippen molar-refractivity contribution in [2.75, 3.05) is 31.1 Å². The highest BCUT2D eigenvalue weighted by Gasteiger charge is 2.54. The molecular weight excluding hydrogens is 424 g/mol. The summed E-state index contributed by atoms with van der Waals surface area (Å²) in [6.45, 7) is 8.40. The maximum absolute atomic E-state index is 13.2. The number of rotatable bonds is 5. The fourth-order valence-electron chi connectivity index (χ4n) is 5.54. The molecule has 33 heavy (non-hydrogen) atoms. The van der Waals surface area contributed by atoms with Crippen molar-refractivity contribution >= 4 is 28.7 Å². The van der Waals surface area contributed by atoms with Gasteiger partial charge >= 0.3 is 12.1 Å². The van der Waals surface area contributed by atoms with E-state index in [1.54, 1.807) is 17.8 Å². The molecule has 1 N–H and O–H groups in total. The van der Waals surface area contributed by atoms with Gasteiger partial charge in [0.15, 0.2) is 0 Å². The SMILES string of the molecule is Cn1cc2c(N3CC[C@@H](N(CC45CC(CO4)C5)C(=O)OC(C)(C)C)C3)ccc(C(=O)O)c2n1. The lowest BCUT2D eigenvalue weighted by molar-refractivity contribution is -0.0458. The van der Waals surface area contributed by atoms with Gasteiger partial charge in [-0.3, -0.25) is 4.68 Å². The highest BCUT2D eigenvalue weighted by atomic mass is 16.6. The second kappa shape index (κ2) is 7.62. The third-order valence-electron chi connectivity index (χ3n) is 6.98. The number of carbonyl (C=O) groups is 2. The zero-order valence-electron chi connectivity index (χ0n) is 19.7. The molecule has 0 unspecified atom stereocenters. The summed E-state index contributed by atoms with van der Waals surface area (Å²) in [5, 5.41) is 14.7. The number of amides is 1. The first-order valence-electron chi connectivity index (χ1n) is 11.6. The number of benzene rings is 1. The van der Waals surface area contributed by atoms with Gasteiger partial charge in [-0.25, -0.2) is 9.59 Å². The van der Waals surface area contributed by atoms with Crippen LogP contribution >= 0.6 is 0 Å². The Balaban J connectivity index is 1.40. The molecule has 2 bridgehead atoms. The Bertz CT molecular complexity index is 1090. The van der Waals surface area contributed by atoms with Crippen LogP contribution in [0.25, 0.3) is 10.9 Å². The van der Waals surface area contributed by atoms with E-state index < -0.39 is 11.6 Å². The van der Waals surface area contributed by atoms with E-state index >= 15 is 0 Å². The Morgan fingerprint density at radius 3 is 2.73 bits per heavy atom. The number of fused-ring (bicyclic) bond motifs is 2. The smallest absolute Gasteiger partial charge is 0.410 e. The highest BCUT2D eigenvalue weighted by Crippen LogP contribution is 2.49. The quantitative estimate of drug-likeness (QED) is 0.737. The van der Waals surface area contributed by atoms with Gasteiger partial charge in [0.1, 0.15) is 11.1 Å². The van der Waals surface area contributed by atoms with E-state index in [1.165, 1.54) is 0 Å². The number of carboxylic acid groups (broad SMARTS) is 1. The molecule has 3 saturated heterocycles. The summed E-state index contributed by atoms with van der Waals surface area (Å²) in [7, 11) is 1.79. The van der Waals surface area contributed by atoms with Crippen molar-refractivity contribution < 1.29 is 24.2 Å². The lowest BCUT2D eigenvalue weighted by Gasteiger charge is -2.42. The number of ether oxygens (including phenoxy) is 2. The van der Waals surface area contributed by atoms with Crippen molar-refractivity contribution in [3.8, 4) is 0 Å². The summed E-state index contributed by atoms with van der Waals surface area (Å²) in [6, 6.07) is 3.46. The van der Waals surface area contributed by atoms with Gasteiger partial charge in [-0.15, -0.1) is 0 Å². The van der Waals surface area contributed by atoms with Crippen molar-refractivity contribution in [2.24, 2.45) is 13.0 Å². The molecule has 0 radical (unpaired) electrons. The van der Waals surface area contributed by atoms with E-state index in [0.717, 1.165) is 43.5 Å². The Morgan fingerprint density at radius 1 is 1.33 bits per heavy atom. The predicted octanol–water partition coefficient (Wildman–Crippen LogP) is 3.27. The van der Waals surface area contributed by atoms with E-state index in [1.807, 2.05) is 37.9 Å². The molecular formula is C24H32N4O5. The number of nitrogens with zero attached hydrogens (tertiary/aromatic N) is 4. The van der Waals surface area contributed by atoms with Crippen LogP contribution in [-0.4, -0.2) is 75.3 Å². The number of hydrogen-bond donors (Lipinski definition) is 1. The molecule has 1 aromatic carbocycles. The molecule has 178 valence electrons. The van der Waals surface area contributed by atoms with Crippen LogP contribution in [0.3, 0.4) is 0 Å². The van der Waals surface area contributed by atoms with E-state index in [2.05, 4.69) is 10.00 Å². The van der Waals surface area contributed by atoms with Crippen LogP contribution in [0.2, 0.25) is 0 Å². The zero-order valence-corrected chi connectivity index (χ0v) is 19.7. The van der Waals surface area contributed by atoms with Crippen molar-refractivity contribution in [3.63, 3.8) is 0 Å². The number of hydrogen-bond acceptors (Lipinski definition) is 6. The Kier molecular flexibility index (Phi) is 5.08. The van der Waals surface area contributed by atoms with Crippen LogP contribution in [0.15, 0.2) is 18.3 Å². The van der Waals surface area contributed by atoms with E-state index in [9.17, 15) is 14.7 Å². The van der Waals surface area contributed by atoms with Crippen molar-refractivity contribution in [1.82, 2.24) is 14.7 Å². The van der Waals surface area contributed by atoms with Crippen LogP contribution < -0.4 is 4.90 Å². The van der Waals surface area contributed by atoms with E-state index in [4.69, 9.17) is 9.47 Å². The number of aromatic nitrogens is 2. The molecule has 3 aliphatic heterocycles. The lowest BCUT2D eigenvalue weighted by atomic mass is 9.74. The minimum absolute atomic E-state index is 0.0108. The Morgan fingerprint density at radius 2 is 2.09 bits per heavy atom. The van der Waals surface area contributed by atoms with Crippen molar-refractivity contribution in [2.45, 2.75) is 57.3 Å². The summed E-state index contributed by atoms with van der Waals surface area (Å²) in [4.78, 5) is 29.0. The van der Waals surface area contributed by atoms with Gasteiger partial charge in [0.05, 0.1) is 30.4 Å². The molecule has 4 heterocycles. The highest BCUT2D eigenvalue weighted by molar-refractivity contribution is 6.06. The van der Waals surface area contributed by atoms with Gasteiger partial charge in [-0.05, 0) is 58.1 Å². The van der Waals surface area contributed by atoms with Crippen LogP contribution in [0, 0.1) is 5.92 Å². The average Bonchev–Trinajstić information content (AvgIpc) is 3.45. The van der Waals surface area contributed by atoms with Crippen LogP contribution in [0.4, 0.5) is 10.5 Å². The minimum Gasteiger partial charge on any atom is -0.478 e. The molecule has 1 amide bonds. The first kappa shape index (κ1) is 22.0. The Labute approximate surface area is 193 Å². The molecule has 0 spiro atoms. The fraction of sp³-hybridized carbons (Fsp3) is 0.625. The van der Waals surface area contributed by atoms with Gasteiger partial charge in [0, 0.05) is 37.4 Å². The van der Waals surface area contributed by atoms with Gasteiger partial charge in [-0.1, -0.05) is 0 Å². The number of carboxylic acids is 1. The maximum atomic E-state index is 13.2. The third kappa shape index (κ3) is 4.03. The zero-order chi connectivity index (χ0) is 23.5. The minimum atomic E-state index is -0.990. The summed E-state index contributed by atoms with van der Waals surface area (Å²) in [5.74, 6) is -0.368. The van der Waals surface area contributed by atoms with E-state index in [-0.39, 0.29) is 23.3 Å². The summed E-state index contributed by atoms with van der Waals surface area (Å²) in [6.07, 6.45) is 4.39. The van der Waals surface area contributed by atoms with Crippen LogP contribution in [0.1, 0.15) is 50.4 Å². The number of anilines is 1. The van der Waals surface area contributed by atoms with Crippen molar-refractivity contribution in [1.29, 1.82) is 0 Å². The predicted molar refractivity (Wildman–Crippen MR) is 123 cm³/mol. The van der Waals surface area contributed by atoms with Gasteiger partial charge in [0.2, 0.25) is 0 Å². The molecule has 2 aromatic rings. The first-order valence-corrected chi connectivity index (χ1v) is 11.6. The topological polar surface area (TPSA) is 97.1 Å². The molecule has 4 aliphatic rings. The summed E-state index contributed by atoms with van der Waals surface area (Å²) in [5.41, 5.74) is 0.813. The molecule has 4 fully saturated rings. The second-order valence-electron chi connectivity index (χ2n) is 10.8. The normalized spacial score (nSPS) is 26.5. The monoisotopic (exact) mass is 456 g/mol. The number of aromatic carboxylic acids is 1. The number of carbonyl (C=O) groups excluding carboxylic acids is 1. The fourth-order valence-corrected chi connectivity index (χ4v) is 5.54. The molecule has 1 aromatic heterocycles. The van der Waals surface area contributed by atoms with E-state index in [0.29, 0.717) is 24.5 Å². The molecule has 1 atom stereocenters. The molecule has 9 nitrogen and oxygen atoms in total. The molecule has 1 saturated carbocycles. The number of aryl methyl sites for hydroxylation is 1. The summed E-state index contributed by atoms with van der Waals surface area (Å²) < 4.78 is 13.5. The second-order valence-corrected chi connectivity index (χ2v) is 10.8. The van der Waals surface area contributed by atoms with Crippen molar-refractivity contribution in [3.05, 3.63) is 23.9 Å². The molecule has 9 heteroatoms. The molecule has 6 rings (SSSR count). The Hall–Kier alpha value is -2.81. The summed E-state index contributed by atoms with van der Waals surface area (Å²) >= 11 is 0. The van der Waals surface area contributed by atoms with Crippen LogP contribution in [0.5, 0.6) is 0 Å². The van der Waals surface area contributed by atoms with Gasteiger partial charge < -0.3 is 24.4 Å². The largest absolute Gasteiger partial charge is 0.478 e. The third-order valence-corrected chi connectivity index (χ3v) is 6.98. The standard InChI is InChI=1S/C24H32N4O5/c1-23(2,3)33-22(31)28(14-24-9-15(10-24)13-32-24)16-7-8-27(11-16)19-6-5-17(21(29)30)20-18(19)12-26(4)25-20/h5-6,12,15-16H,7-11,13-14H2,1-4H3,(H,29,30)/t15?,16-,24?/m1/s1. The van der Waals surface area contributed by atoms with Gasteiger partial charge in [-0.2, -0.15) is 5.10 Å². The lowest BCUT2D eigenvalue weighted by Crippen LogP contribution is -2.54. The van der Waals surface area contributed by atoms with Crippen LogP contribution in [-0.2, 0) is 16.5 Å². The maximum Gasteiger partial charge on any atom is 0.410 e. The molecule has 1 aliphatic carbocycles. The average molecular weight is 457 g/mol. The first-order chi connectivity index (χ1) is 15.5. The van der Waals surface area contributed by atoms with Gasteiger partial charge in [0.25, 0.3) is 0 Å².